The van der Waals surface area contributed by atoms with Gasteiger partial charge in [0, 0.05) is 35.1 Å². The second kappa shape index (κ2) is 7.18. The lowest BCUT2D eigenvalue weighted by atomic mass is 10.2. The molecule has 0 aliphatic carbocycles. The summed E-state index contributed by atoms with van der Waals surface area (Å²) in [5, 5.41) is 5.97. The van der Waals surface area contributed by atoms with Crippen molar-refractivity contribution in [1.82, 2.24) is 14.9 Å². The van der Waals surface area contributed by atoms with Gasteiger partial charge in [0.2, 0.25) is 5.91 Å². The molecule has 2 aromatic rings. The Hall–Kier alpha value is -2.48. The minimum Gasteiger partial charge on any atom is -0.384 e. The van der Waals surface area contributed by atoms with Crippen LogP contribution in [0.2, 0.25) is 0 Å². The van der Waals surface area contributed by atoms with E-state index >= 15 is 0 Å². The van der Waals surface area contributed by atoms with E-state index in [-0.39, 0.29) is 18.0 Å². The highest BCUT2D eigenvalue weighted by atomic mass is 32.2. The van der Waals surface area contributed by atoms with Crippen LogP contribution in [-0.2, 0) is 17.9 Å². The Kier molecular flexibility index (Phi) is 4.98. The zero-order valence-electron chi connectivity index (χ0n) is 14.3. The lowest BCUT2D eigenvalue weighted by Crippen LogP contribution is -2.35. The highest BCUT2D eigenvalue weighted by Crippen LogP contribution is 2.28. The van der Waals surface area contributed by atoms with Gasteiger partial charge in [-0.05, 0) is 31.5 Å². The predicted molar refractivity (Wildman–Crippen MR) is 99.9 cm³/mol. The lowest BCUT2D eigenvalue weighted by Gasteiger charge is -2.20. The number of aromatic nitrogens is 2. The van der Waals surface area contributed by atoms with Crippen molar-refractivity contribution in [3.05, 3.63) is 45.5 Å². The first kappa shape index (κ1) is 17.3. The minimum absolute atomic E-state index is 0.00819. The van der Waals surface area contributed by atoms with E-state index in [1.165, 1.54) is 4.57 Å². The Morgan fingerprint density at radius 3 is 3.00 bits per heavy atom. The Morgan fingerprint density at radius 2 is 2.24 bits per heavy atom. The van der Waals surface area contributed by atoms with E-state index in [1.807, 2.05) is 26.0 Å². The Bertz CT molecular complexity index is 878. The number of hydrogen-bond acceptors (Lipinski definition) is 6. The van der Waals surface area contributed by atoms with Crippen molar-refractivity contribution < 1.29 is 4.79 Å². The SMILES string of the molecule is Cc1nc(N)ccc1CNC(=O)Cn1c(C)cc2c(c1=O)NCCS2. The quantitative estimate of drug-likeness (QED) is 0.760. The minimum atomic E-state index is -0.218. The monoisotopic (exact) mass is 359 g/mol. The molecule has 8 heteroatoms. The predicted octanol–water partition coefficient (Wildman–Crippen LogP) is 1.28. The summed E-state index contributed by atoms with van der Waals surface area (Å²) in [4.78, 5) is 30.0. The maximum absolute atomic E-state index is 12.6. The van der Waals surface area contributed by atoms with Gasteiger partial charge in [-0.3, -0.25) is 9.59 Å². The van der Waals surface area contributed by atoms with E-state index in [0.717, 1.165) is 34.1 Å². The van der Waals surface area contributed by atoms with Crippen LogP contribution < -0.4 is 21.9 Å². The number of nitrogen functional groups attached to an aromatic ring is 1. The molecule has 2 aromatic heterocycles. The number of amides is 1. The summed E-state index contributed by atoms with van der Waals surface area (Å²) in [6, 6.07) is 5.50. The second-order valence-corrected chi connectivity index (χ2v) is 7.09. The van der Waals surface area contributed by atoms with E-state index < -0.39 is 0 Å². The molecule has 7 nitrogen and oxygen atoms in total. The number of aryl methyl sites for hydroxylation is 2. The Balaban J connectivity index is 1.72. The molecule has 0 fully saturated rings. The van der Waals surface area contributed by atoms with E-state index in [2.05, 4.69) is 15.6 Å². The average molecular weight is 359 g/mol. The Labute approximate surface area is 150 Å². The third kappa shape index (κ3) is 3.79. The highest BCUT2D eigenvalue weighted by Gasteiger charge is 2.17. The molecule has 132 valence electrons. The first-order chi connectivity index (χ1) is 12.0. The van der Waals surface area contributed by atoms with Crippen LogP contribution in [0, 0.1) is 13.8 Å². The van der Waals surface area contributed by atoms with Crippen molar-refractivity contribution in [2.24, 2.45) is 0 Å². The number of hydrogen-bond donors (Lipinski definition) is 3. The van der Waals surface area contributed by atoms with Crippen molar-refractivity contribution >= 4 is 29.2 Å². The molecule has 0 atom stereocenters. The molecular formula is C17H21N5O2S. The fourth-order valence-corrected chi connectivity index (χ4v) is 3.72. The van der Waals surface area contributed by atoms with Crippen molar-refractivity contribution in [2.75, 3.05) is 23.3 Å². The molecule has 0 saturated heterocycles. The number of fused-ring (bicyclic) bond motifs is 1. The molecule has 0 unspecified atom stereocenters. The van der Waals surface area contributed by atoms with Gasteiger partial charge in [0.05, 0.1) is 0 Å². The molecule has 0 radical (unpaired) electrons. The van der Waals surface area contributed by atoms with E-state index in [9.17, 15) is 9.59 Å². The molecule has 3 heterocycles. The summed E-state index contributed by atoms with van der Waals surface area (Å²) in [7, 11) is 0. The number of nitrogens with two attached hydrogens (primary N) is 1. The van der Waals surface area contributed by atoms with Crippen LogP contribution in [0.3, 0.4) is 0 Å². The third-order valence-corrected chi connectivity index (χ3v) is 5.17. The van der Waals surface area contributed by atoms with Crippen LogP contribution in [-0.4, -0.2) is 27.8 Å². The smallest absolute Gasteiger partial charge is 0.275 e. The van der Waals surface area contributed by atoms with Crippen LogP contribution in [0.15, 0.2) is 27.9 Å². The molecule has 3 rings (SSSR count). The molecular weight excluding hydrogens is 338 g/mol. The molecule has 1 aliphatic heterocycles. The number of anilines is 2. The number of nitrogens with zero attached hydrogens (tertiary/aromatic N) is 2. The molecule has 0 aromatic carbocycles. The van der Waals surface area contributed by atoms with Gasteiger partial charge in [0.15, 0.2) is 0 Å². The number of pyridine rings is 2. The zero-order valence-corrected chi connectivity index (χ0v) is 15.1. The zero-order chi connectivity index (χ0) is 18.0. The summed E-state index contributed by atoms with van der Waals surface area (Å²) in [5.74, 6) is 1.17. The summed E-state index contributed by atoms with van der Waals surface area (Å²) >= 11 is 1.66. The molecule has 0 bridgehead atoms. The maximum atomic E-state index is 12.6. The van der Waals surface area contributed by atoms with E-state index in [4.69, 9.17) is 5.73 Å². The molecule has 0 spiro atoms. The van der Waals surface area contributed by atoms with Gasteiger partial charge in [0.25, 0.3) is 5.56 Å². The van der Waals surface area contributed by atoms with Crippen LogP contribution in [0.25, 0.3) is 0 Å². The molecule has 4 N–H and O–H groups in total. The molecule has 1 aliphatic rings. The summed E-state index contributed by atoms with van der Waals surface area (Å²) in [6.45, 7) is 4.79. The lowest BCUT2D eigenvalue weighted by molar-refractivity contribution is -0.121. The van der Waals surface area contributed by atoms with Gasteiger partial charge < -0.3 is 20.9 Å². The largest absolute Gasteiger partial charge is 0.384 e. The second-order valence-electron chi connectivity index (χ2n) is 5.95. The number of carbonyl (C=O) groups excluding carboxylic acids is 1. The van der Waals surface area contributed by atoms with Crippen LogP contribution in [0.1, 0.15) is 17.0 Å². The molecule has 25 heavy (non-hydrogen) atoms. The highest BCUT2D eigenvalue weighted by molar-refractivity contribution is 7.99. The standard InChI is InChI=1S/C17H21N5O2S/c1-10-7-13-16(19-5-6-25-13)17(24)22(10)9-15(23)20-8-12-3-4-14(18)21-11(12)2/h3-4,7,19H,5-6,8-9H2,1-2H3,(H2,18,21)(H,20,23). The van der Waals surface area contributed by atoms with Gasteiger partial charge >= 0.3 is 0 Å². The number of nitrogens with one attached hydrogen (secondary N) is 2. The van der Waals surface area contributed by atoms with Crippen LogP contribution in [0.5, 0.6) is 0 Å². The first-order valence-electron chi connectivity index (χ1n) is 8.05. The van der Waals surface area contributed by atoms with Crippen molar-refractivity contribution in [3.8, 4) is 0 Å². The summed E-state index contributed by atoms with van der Waals surface area (Å²) in [5.41, 5.74) is 8.53. The number of carbonyl (C=O) groups is 1. The number of thioether (sulfide) groups is 1. The van der Waals surface area contributed by atoms with Gasteiger partial charge in [-0.15, -0.1) is 11.8 Å². The summed E-state index contributed by atoms with van der Waals surface area (Å²) in [6.07, 6.45) is 0. The first-order valence-corrected chi connectivity index (χ1v) is 9.04. The molecule has 1 amide bonds. The van der Waals surface area contributed by atoms with Crippen LogP contribution in [0.4, 0.5) is 11.5 Å². The maximum Gasteiger partial charge on any atom is 0.275 e. The normalized spacial score (nSPS) is 13.0. The average Bonchev–Trinajstić information content (AvgIpc) is 2.58. The topological polar surface area (TPSA) is 102 Å². The van der Waals surface area contributed by atoms with Gasteiger partial charge in [-0.2, -0.15) is 0 Å². The van der Waals surface area contributed by atoms with Crippen molar-refractivity contribution in [2.45, 2.75) is 31.8 Å². The van der Waals surface area contributed by atoms with Crippen molar-refractivity contribution in [3.63, 3.8) is 0 Å². The number of rotatable bonds is 4. The fraction of sp³-hybridized carbons (Fsp3) is 0.353. The van der Waals surface area contributed by atoms with E-state index in [0.29, 0.717) is 18.1 Å². The van der Waals surface area contributed by atoms with Gasteiger partial charge in [0.1, 0.15) is 18.1 Å². The summed E-state index contributed by atoms with van der Waals surface area (Å²) < 4.78 is 1.50. The third-order valence-electron chi connectivity index (χ3n) is 4.13. The Morgan fingerprint density at radius 1 is 1.44 bits per heavy atom. The fourth-order valence-electron chi connectivity index (χ4n) is 2.74. The van der Waals surface area contributed by atoms with Gasteiger partial charge in [-0.1, -0.05) is 6.07 Å². The van der Waals surface area contributed by atoms with Crippen molar-refractivity contribution in [1.29, 1.82) is 0 Å². The van der Waals surface area contributed by atoms with Gasteiger partial charge in [-0.25, -0.2) is 4.98 Å². The van der Waals surface area contributed by atoms with Crippen LogP contribution >= 0.6 is 11.8 Å². The van der Waals surface area contributed by atoms with E-state index in [1.54, 1.807) is 17.8 Å². The molecule has 0 saturated carbocycles.